The zero-order chi connectivity index (χ0) is 22.1. The lowest BCUT2D eigenvalue weighted by Crippen LogP contribution is -2.45. The number of carboxylic acids is 3. The van der Waals surface area contributed by atoms with Crippen LogP contribution in [0.15, 0.2) is 24.3 Å². The lowest BCUT2D eigenvalue weighted by Gasteiger charge is -2.25. The van der Waals surface area contributed by atoms with Crippen molar-refractivity contribution in [1.29, 1.82) is 0 Å². The van der Waals surface area contributed by atoms with Gasteiger partial charge in [0, 0.05) is 19.9 Å². The summed E-state index contributed by atoms with van der Waals surface area (Å²) in [6.45, 7) is 0. The molecule has 0 radical (unpaired) electrons. The van der Waals surface area contributed by atoms with Gasteiger partial charge in [0.1, 0.15) is 17.9 Å². The molecule has 0 spiro atoms. The molecule has 0 aliphatic carbocycles. The molecule has 0 aromatic heterocycles. The molecule has 0 fully saturated rings. The van der Waals surface area contributed by atoms with E-state index >= 15 is 0 Å². The van der Waals surface area contributed by atoms with Crippen molar-refractivity contribution in [3.63, 3.8) is 0 Å². The smallest absolute Gasteiger partial charge is 0.326 e. The number of amides is 2. The van der Waals surface area contributed by atoms with Gasteiger partial charge in [-0.15, -0.1) is 0 Å². The van der Waals surface area contributed by atoms with Gasteiger partial charge in [0.15, 0.2) is 0 Å². The molecule has 10 nitrogen and oxygen atoms in total. The van der Waals surface area contributed by atoms with Gasteiger partial charge in [-0.2, -0.15) is 0 Å². The van der Waals surface area contributed by atoms with Crippen molar-refractivity contribution in [2.24, 2.45) is 0 Å². The molecule has 11 heteroatoms. The summed E-state index contributed by atoms with van der Waals surface area (Å²) in [6, 6.07) is 2.06. The van der Waals surface area contributed by atoms with Gasteiger partial charge in [-0.25, -0.2) is 14.0 Å². The topological polar surface area (TPSA) is 161 Å². The number of carboxylic acid groups (broad SMARTS) is 3. The first kappa shape index (κ1) is 23.5. The van der Waals surface area contributed by atoms with Crippen LogP contribution >= 0.6 is 0 Å². The van der Waals surface area contributed by atoms with E-state index in [9.17, 15) is 33.5 Å². The molecule has 0 aliphatic heterocycles. The van der Waals surface area contributed by atoms with Gasteiger partial charge in [0.05, 0.1) is 5.56 Å². The minimum Gasteiger partial charge on any atom is -0.481 e. The minimum absolute atomic E-state index is 0.320. The second kappa shape index (κ2) is 10.7. The number of carbonyl (C=O) groups excluding carboxylic acids is 2. The van der Waals surface area contributed by atoms with E-state index < -0.39 is 60.5 Å². The van der Waals surface area contributed by atoms with Crippen molar-refractivity contribution in [2.75, 3.05) is 7.05 Å². The fourth-order valence-corrected chi connectivity index (χ4v) is 2.50. The summed E-state index contributed by atoms with van der Waals surface area (Å²) in [6.07, 6.45) is -1.59. The van der Waals surface area contributed by atoms with E-state index in [-0.39, 0.29) is 18.4 Å². The Labute approximate surface area is 164 Å². The number of halogens is 1. The fourth-order valence-electron chi connectivity index (χ4n) is 2.50. The summed E-state index contributed by atoms with van der Waals surface area (Å²) in [4.78, 5) is 58.4. The number of nitrogens with one attached hydrogen (secondary N) is 1. The molecule has 0 heterocycles. The Morgan fingerprint density at radius 3 is 2.14 bits per heavy atom. The molecular weight excluding hydrogens is 391 g/mol. The molecule has 158 valence electrons. The Kier molecular flexibility index (Phi) is 8.71. The Morgan fingerprint density at radius 1 is 1.00 bits per heavy atom. The molecule has 1 aromatic carbocycles. The number of nitrogens with zero attached hydrogens (tertiary/aromatic N) is 1. The summed E-state index contributed by atoms with van der Waals surface area (Å²) in [5, 5.41) is 29.2. The molecule has 0 saturated heterocycles. The summed E-state index contributed by atoms with van der Waals surface area (Å²) in [5.74, 6) is -6.63. The maximum absolute atomic E-state index is 13.6. The van der Waals surface area contributed by atoms with Gasteiger partial charge in [-0.1, -0.05) is 12.1 Å². The second-order valence-electron chi connectivity index (χ2n) is 6.17. The normalized spacial score (nSPS) is 12.5. The number of rotatable bonds is 11. The van der Waals surface area contributed by atoms with Crippen LogP contribution in [0.2, 0.25) is 0 Å². The van der Waals surface area contributed by atoms with Crippen LogP contribution in [0.4, 0.5) is 4.39 Å². The van der Waals surface area contributed by atoms with Crippen LogP contribution in [0.1, 0.15) is 36.0 Å². The molecule has 0 aliphatic rings. The highest BCUT2D eigenvalue weighted by Gasteiger charge is 2.29. The summed E-state index contributed by atoms with van der Waals surface area (Å²) < 4.78 is 13.6. The second-order valence-corrected chi connectivity index (χ2v) is 6.17. The number of benzene rings is 1. The first-order chi connectivity index (χ1) is 13.5. The molecule has 0 bridgehead atoms. The van der Waals surface area contributed by atoms with Crippen LogP contribution in [0.3, 0.4) is 0 Å². The predicted octanol–water partition coefficient (Wildman–Crippen LogP) is 0.565. The van der Waals surface area contributed by atoms with Crippen LogP contribution < -0.4 is 5.32 Å². The maximum Gasteiger partial charge on any atom is 0.326 e. The lowest BCUT2D eigenvalue weighted by molar-refractivity contribution is -0.150. The average molecular weight is 412 g/mol. The van der Waals surface area contributed by atoms with E-state index in [1.54, 1.807) is 0 Å². The van der Waals surface area contributed by atoms with Crippen LogP contribution in [0, 0.1) is 5.82 Å². The zero-order valence-electron chi connectivity index (χ0n) is 15.5. The lowest BCUT2D eigenvalue weighted by atomic mass is 10.1. The average Bonchev–Trinajstić information content (AvgIpc) is 2.64. The summed E-state index contributed by atoms with van der Waals surface area (Å²) >= 11 is 0. The number of hydrogen-bond donors (Lipinski definition) is 4. The highest BCUT2D eigenvalue weighted by Crippen LogP contribution is 2.11. The van der Waals surface area contributed by atoms with E-state index in [0.29, 0.717) is 0 Å². The van der Waals surface area contributed by atoms with Crippen LogP contribution in [0.5, 0.6) is 0 Å². The van der Waals surface area contributed by atoms with E-state index in [4.69, 9.17) is 10.2 Å². The van der Waals surface area contributed by atoms with Gasteiger partial charge in [0.25, 0.3) is 5.91 Å². The molecule has 0 saturated carbocycles. The third kappa shape index (κ3) is 7.20. The monoisotopic (exact) mass is 412 g/mol. The van der Waals surface area contributed by atoms with Crippen LogP contribution in [0.25, 0.3) is 0 Å². The molecule has 1 aromatic rings. The molecule has 0 unspecified atom stereocenters. The van der Waals surface area contributed by atoms with Crippen LogP contribution in [-0.2, 0) is 19.2 Å². The third-order valence-electron chi connectivity index (χ3n) is 4.15. The van der Waals surface area contributed by atoms with Crippen molar-refractivity contribution >= 4 is 29.7 Å². The van der Waals surface area contributed by atoms with E-state index in [0.717, 1.165) is 18.0 Å². The molecule has 29 heavy (non-hydrogen) atoms. The Bertz CT molecular complexity index is 798. The molecular formula is C18H21FN2O8. The van der Waals surface area contributed by atoms with Gasteiger partial charge < -0.3 is 25.5 Å². The fraction of sp³-hybridized carbons (Fsp3) is 0.389. The maximum atomic E-state index is 13.6. The quantitative estimate of drug-likeness (QED) is 0.410. The highest BCUT2D eigenvalue weighted by atomic mass is 19.1. The largest absolute Gasteiger partial charge is 0.481 e. The number of aliphatic carboxylic acids is 3. The SMILES string of the molecule is CN(C(=O)CC[C@H](NC(=O)c1ccccc1F)C(=O)O)[C@@H](CCC(=O)O)C(=O)O. The van der Waals surface area contributed by atoms with Crippen molar-refractivity contribution in [1.82, 2.24) is 10.2 Å². The number of carbonyl (C=O) groups is 5. The first-order valence-corrected chi connectivity index (χ1v) is 8.53. The van der Waals surface area contributed by atoms with Crippen molar-refractivity contribution in [3.8, 4) is 0 Å². The van der Waals surface area contributed by atoms with Crippen molar-refractivity contribution in [2.45, 2.75) is 37.8 Å². The highest BCUT2D eigenvalue weighted by molar-refractivity contribution is 5.97. The third-order valence-corrected chi connectivity index (χ3v) is 4.15. The van der Waals surface area contributed by atoms with Crippen molar-refractivity contribution in [3.05, 3.63) is 35.6 Å². The minimum atomic E-state index is -1.51. The Hall–Kier alpha value is -3.50. The molecule has 2 atom stereocenters. The van der Waals surface area contributed by atoms with Gasteiger partial charge in [-0.05, 0) is 25.0 Å². The molecule has 2 amide bonds. The summed E-state index contributed by atoms with van der Waals surface area (Å²) in [7, 11) is 1.16. The van der Waals surface area contributed by atoms with Gasteiger partial charge in [-0.3, -0.25) is 14.4 Å². The Balaban J connectivity index is 2.74. The first-order valence-electron chi connectivity index (χ1n) is 8.53. The number of hydrogen-bond acceptors (Lipinski definition) is 5. The summed E-state index contributed by atoms with van der Waals surface area (Å²) in [5.41, 5.74) is -0.359. The predicted molar refractivity (Wildman–Crippen MR) is 95.6 cm³/mol. The molecule has 4 N–H and O–H groups in total. The van der Waals surface area contributed by atoms with E-state index in [1.807, 2.05) is 0 Å². The van der Waals surface area contributed by atoms with E-state index in [2.05, 4.69) is 5.32 Å². The Morgan fingerprint density at radius 2 is 1.62 bits per heavy atom. The van der Waals surface area contributed by atoms with E-state index in [1.165, 1.54) is 18.2 Å². The number of likely N-dealkylation sites (N-methyl/N-ethyl adjacent to an activating group) is 1. The zero-order valence-corrected chi connectivity index (χ0v) is 15.5. The standard InChI is InChI=1S/C18H21FN2O8/c1-21(13(18(28)29)7-9-15(23)24)14(22)8-6-12(17(26)27)20-16(25)10-4-2-3-5-11(10)19/h2-5,12-13H,6-9H2,1H3,(H,20,25)(H,23,24)(H,26,27)(H,28,29)/t12-,13-/m0/s1. The van der Waals surface area contributed by atoms with Gasteiger partial charge in [0.2, 0.25) is 5.91 Å². The van der Waals surface area contributed by atoms with Gasteiger partial charge >= 0.3 is 17.9 Å². The van der Waals surface area contributed by atoms with Crippen LogP contribution in [-0.4, -0.2) is 69.1 Å². The van der Waals surface area contributed by atoms with Crippen molar-refractivity contribution < 1.29 is 43.7 Å². The molecule has 1 rings (SSSR count).